The average molecular weight is 358 g/mol. The number of nitrogens with zero attached hydrogens (tertiary/aromatic N) is 3. The van der Waals surface area contributed by atoms with E-state index in [2.05, 4.69) is 49.5 Å². The number of hydrogen-bond acceptors (Lipinski definition) is 5. The molecule has 0 aliphatic heterocycles. The molecule has 0 radical (unpaired) electrons. The van der Waals surface area contributed by atoms with Gasteiger partial charge in [0.2, 0.25) is 5.82 Å². The minimum Gasteiger partial charge on any atom is -0.367 e. The Hall–Kier alpha value is -3.74. The fourth-order valence-corrected chi connectivity index (χ4v) is 3.07. The normalized spacial score (nSPS) is 11.0. The maximum absolute atomic E-state index is 11.5. The summed E-state index contributed by atoms with van der Waals surface area (Å²) >= 11 is 0. The van der Waals surface area contributed by atoms with E-state index in [9.17, 15) is 4.79 Å². The maximum Gasteiger partial charge on any atom is 0.286 e. The molecule has 0 spiro atoms. The molecule has 7 nitrogen and oxygen atoms in total. The van der Waals surface area contributed by atoms with Crippen molar-refractivity contribution < 1.29 is 4.79 Å². The van der Waals surface area contributed by atoms with Crippen molar-refractivity contribution in [1.29, 1.82) is 0 Å². The van der Waals surface area contributed by atoms with E-state index >= 15 is 0 Å². The summed E-state index contributed by atoms with van der Waals surface area (Å²) in [4.78, 5) is 27.0. The van der Waals surface area contributed by atoms with Crippen molar-refractivity contribution in [2.75, 3.05) is 11.9 Å². The lowest BCUT2D eigenvalue weighted by molar-refractivity contribution is 0.0991. The average Bonchev–Trinajstić information content (AvgIpc) is 3.18. The number of anilines is 1. The van der Waals surface area contributed by atoms with Gasteiger partial charge in [0.25, 0.3) is 5.91 Å². The highest BCUT2D eigenvalue weighted by molar-refractivity contribution is 5.93. The van der Waals surface area contributed by atoms with Gasteiger partial charge in [0, 0.05) is 12.5 Å². The molecule has 1 amide bonds. The standard InChI is InChI=1S/C20H18N6O/c21-17(27)20-25-18(16-19(26-20)24-12-23-16)22-11-15(13-7-3-1-4-8-13)14-9-5-2-6-10-14/h1-10,12,15H,11H2,(H2,21,27)(H2,22,23,24,25,26). The van der Waals surface area contributed by atoms with Gasteiger partial charge in [0.05, 0.1) is 6.33 Å². The molecule has 0 saturated heterocycles. The van der Waals surface area contributed by atoms with Crippen LogP contribution in [0.1, 0.15) is 27.7 Å². The summed E-state index contributed by atoms with van der Waals surface area (Å²) in [6.07, 6.45) is 1.52. The van der Waals surface area contributed by atoms with Gasteiger partial charge in [-0.15, -0.1) is 0 Å². The van der Waals surface area contributed by atoms with Crippen LogP contribution in [0.2, 0.25) is 0 Å². The van der Waals surface area contributed by atoms with E-state index in [1.165, 1.54) is 17.5 Å². The number of imidazole rings is 1. The fraction of sp³-hybridized carbons (Fsp3) is 0.100. The minimum atomic E-state index is -0.689. The summed E-state index contributed by atoms with van der Waals surface area (Å²) in [5.41, 5.74) is 8.75. The van der Waals surface area contributed by atoms with Gasteiger partial charge in [-0.25, -0.2) is 15.0 Å². The zero-order valence-electron chi connectivity index (χ0n) is 14.5. The van der Waals surface area contributed by atoms with Crippen molar-refractivity contribution in [3.63, 3.8) is 0 Å². The molecule has 0 aliphatic rings. The van der Waals surface area contributed by atoms with Crippen LogP contribution in [0.5, 0.6) is 0 Å². The Kier molecular flexibility index (Phi) is 4.49. The monoisotopic (exact) mass is 358 g/mol. The molecule has 0 bridgehead atoms. The quantitative estimate of drug-likeness (QED) is 0.491. The lowest BCUT2D eigenvalue weighted by atomic mass is 9.91. The third kappa shape index (κ3) is 3.48. The third-order valence-electron chi connectivity index (χ3n) is 4.38. The molecule has 0 fully saturated rings. The Morgan fingerprint density at radius 3 is 2.22 bits per heavy atom. The van der Waals surface area contributed by atoms with Gasteiger partial charge >= 0.3 is 0 Å². The van der Waals surface area contributed by atoms with E-state index in [0.29, 0.717) is 23.5 Å². The Bertz CT molecular complexity index is 1020. The highest BCUT2D eigenvalue weighted by atomic mass is 16.1. The number of nitrogens with one attached hydrogen (secondary N) is 2. The number of aromatic amines is 1. The molecular formula is C20H18N6O. The molecule has 134 valence electrons. The zero-order chi connectivity index (χ0) is 18.6. The first kappa shape index (κ1) is 16.7. The van der Waals surface area contributed by atoms with E-state index in [0.717, 1.165) is 0 Å². The number of amides is 1. The van der Waals surface area contributed by atoms with E-state index in [1.54, 1.807) is 0 Å². The molecule has 4 N–H and O–H groups in total. The van der Waals surface area contributed by atoms with Crippen molar-refractivity contribution >= 4 is 22.9 Å². The minimum absolute atomic E-state index is 0.0620. The number of H-pyrrole nitrogens is 1. The predicted molar refractivity (Wildman–Crippen MR) is 103 cm³/mol. The number of carbonyl (C=O) groups excluding carboxylic acids is 1. The number of carbonyl (C=O) groups is 1. The first-order valence-corrected chi connectivity index (χ1v) is 8.57. The van der Waals surface area contributed by atoms with Crippen molar-refractivity contribution in [3.8, 4) is 0 Å². The Labute approximate surface area is 155 Å². The summed E-state index contributed by atoms with van der Waals surface area (Å²) in [6, 6.07) is 20.5. The molecule has 4 aromatic rings. The van der Waals surface area contributed by atoms with Crippen LogP contribution in [0.15, 0.2) is 67.0 Å². The molecule has 0 saturated carbocycles. The van der Waals surface area contributed by atoms with Crippen LogP contribution in [0.4, 0.5) is 5.82 Å². The molecule has 2 aromatic heterocycles. The van der Waals surface area contributed by atoms with Gasteiger partial charge in [-0.2, -0.15) is 0 Å². The van der Waals surface area contributed by atoms with E-state index in [1.807, 2.05) is 36.4 Å². The van der Waals surface area contributed by atoms with Crippen molar-refractivity contribution in [3.05, 3.63) is 83.9 Å². The second kappa shape index (κ2) is 7.25. The first-order chi connectivity index (χ1) is 13.2. The van der Waals surface area contributed by atoms with E-state index < -0.39 is 5.91 Å². The van der Waals surface area contributed by atoms with Gasteiger partial charge in [0.1, 0.15) is 5.52 Å². The summed E-state index contributed by atoms with van der Waals surface area (Å²) in [5.74, 6) is -0.140. The number of fused-ring (bicyclic) bond motifs is 1. The van der Waals surface area contributed by atoms with Crippen molar-refractivity contribution in [1.82, 2.24) is 19.9 Å². The SMILES string of the molecule is NC(=O)c1nc(NCC(c2ccccc2)c2ccccc2)c2[nH]cnc2n1. The lowest BCUT2D eigenvalue weighted by Crippen LogP contribution is -2.19. The van der Waals surface area contributed by atoms with E-state index in [-0.39, 0.29) is 11.7 Å². The fourth-order valence-electron chi connectivity index (χ4n) is 3.07. The van der Waals surface area contributed by atoms with Crippen molar-refractivity contribution in [2.45, 2.75) is 5.92 Å². The Morgan fingerprint density at radius 2 is 1.63 bits per heavy atom. The number of hydrogen-bond donors (Lipinski definition) is 3. The summed E-state index contributed by atoms with van der Waals surface area (Å²) in [7, 11) is 0. The topological polar surface area (TPSA) is 110 Å². The molecule has 4 rings (SSSR count). The predicted octanol–water partition coefficient (Wildman–Crippen LogP) is 2.70. The number of aromatic nitrogens is 4. The highest BCUT2D eigenvalue weighted by Gasteiger charge is 2.17. The molecule has 0 aliphatic carbocycles. The van der Waals surface area contributed by atoms with Gasteiger partial charge in [-0.1, -0.05) is 60.7 Å². The number of primary amides is 1. The second-order valence-corrected chi connectivity index (χ2v) is 6.12. The zero-order valence-corrected chi connectivity index (χ0v) is 14.5. The van der Waals surface area contributed by atoms with Crippen molar-refractivity contribution in [2.24, 2.45) is 5.73 Å². The summed E-state index contributed by atoms with van der Waals surface area (Å²) < 4.78 is 0. The third-order valence-corrected chi connectivity index (χ3v) is 4.38. The van der Waals surface area contributed by atoms with Crippen LogP contribution >= 0.6 is 0 Å². The Morgan fingerprint density at radius 1 is 1.00 bits per heavy atom. The molecule has 2 heterocycles. The van der Waals surface area contributed by atoms with Gasteiger partial charge in [-0.3, -0.25) is 4.79 Å². The van der Waals surface area contributed by atoms with Gasteiger partial charge in [-0.05, 0) is 11.1 Å². The van der Waals surface area contributed by atoms with Crippen LogP contribution in [-0.4, -0.2) is 32.4 Å². The molecule has 2 aromatic carbocycles. The van der Waals surface area contributed by atoms with Crippen LogP contribution in [0, 0.1) is 0 Å². The second-order valence-electron chi connectivity index (χ2n) is 6.12. The molecule has 0 unspecified atom stereocenters. The smallest absolute Gasteiger partial charge is 0.286 e. The van der Waals surface area contributed by atoms with Crippen LogP contribution in [-0.2, 0) is 0 Å². The number of rotatable bonds is 6. The molecule has 7 heteroatoms. The lowest BCUT2D eigenvalue weighted by Gasteiger charge is -2.19. The van der Waals surface area contributed by atoms with Crippen LogP contribution in [0.25, 0.3) is 11.2 Å². The maximum atomic E-state index is 11.5. The number of benzene rings is 2. The highest BCUT2D eigenvalue weighted by Crippen LogP contribution is 2.26. The van der Waals surface area contributed by atoms with Crippen LogP contribution < -0.4 is 11.1 Å². The Balaban J connectivity index is 1.68. The first-order valence-electron chi connectivity index (χ1n) is 8.57. The molecular weight excluding hydrogens is 340 g/mol. The largest absolute Gasteiger partial charge is 0.367 e. The molecule has 27 heavy (non-hydrogen) atoms. The summed E-state index contributed by atoms with van der Waals surface area (Å²) in [6.45, 7) is 0.581. The number of nitrogens with two attached hydrogens (primary N) is 1. The van der Waals surface area contributed by atoms with Gasteiger partial charge in [0.15, 0.2) is 11.5 Å². The summed E-state index contributed by atoms with van der Waals surface area (Å²) in [5, 5.41) is 3.34. The van der Waals surface area contributed by atoms with Crippen LogP contribution in [0.3, 0.4) is 0 Å². The van der Waals surface area contributed by atoms with Gasteiger partial charge < -0.3 is 16.0 Å². The molecule has 0 atom stereocenters. The van der Waals surface area contributed by atoms with E-state index in [4.69, 9.17) is 5.73 Å².